The average molecular weight is 327 g/mol. The Morgan fingerprint density at radius 1 is 1.47 bits per heavy atom. The fourth-order valence-corrected chi connectivity index (χ4v) is 2.13. The molecule has 2 rings (SSSR count). The van der Waals surface area contributed by atoms with Crippen LogP contribution in [0.4, 0.5) is 4.39 Å². The lowest BCUT2D eigenvalue weighted by atomic mass is 10.1. The highest BCUT2D eigenvalue weighted by Crippen LogP contribution is 2.18. The van der Waals surface area contributed by atoms with Gasteiger partial charge >= 0.3 is 0 Å². The van der Waals surface area contributed by atoms with E-state index in [-0.39, 0.29) is 17.9 Å². The van der Waals surface area contributed by atoms with Gasteiger partial charge in [-0.3, -0.25) is 4.79 Å². The molecule has 4 nitrogen and oxygen atoms in total. The van der Waals surface area contributed by atoms with Gasteiger partial charge in [0.15, 0.2) is 5.78 Å². The molecule has 2 aromatic rings. The van der Waals surface area contributed by atoms with Crippen molar-refractivity contribution in [2.75, 3.05) is 7.11 Å². The predicted molar refractivity (Wildman–Crippen MR) is 71.9 cm³/mol. The van der Waals surface area contributed by atoms with Crippen LogP contribution in [0.25, 0.3) is 0 Å². The minimum absolute atomic E-state index is 0.0363. The maximum absolute atomic E-state index is 13.6. The maximum Gasteiger partial charge on any atom is 0.211 e. The zero-order chi connectivity index (χ0) is 14.0. The summed E-state index contributed by atoms with van der Waals surface area (Å²) in [6.45, 7) is 0. The summed E-state index contributed by atoms with van der Waals surface area (Å²) in [5.74, 6) is -0.173. The van der Waals surface area contributed by atoms with E-state index in [2.05, 4.69) is 21.0 Å². The number of benzene rings is 1. The monoisotopic (exact) mass is 326 g/mol. The molecule has 0 atom stereocenters. The molecule has 0 saturated carbocycles. The Balaban J connectivity index is 2.22. The molecule has 0 amide bonds. The number of aryl methyl sites for hydroxylation is 1. The first-order valence-corrected chi connectivity index (χ1v) is 6.35. The largest absolute Gasteiger partial charge is 0.481 e. The third-order valence-corrected chi connectivity index (χ3v) is 3.18. The standard InChI is InChI=1S/C13H12BrFN2O2/c1-17-13(19-2)7-11(16-17)12(18)6-8-5-9(14)3-4-10(8)15/h3-5,7H,6H2,1-2H3. The molecule has 1 aromatic heterocycles. The van der Waals surface area contributed by atoms with Gasteiger partial charge in [-0.2, -0.15) is 5.10 Å². The molecule has 0 unspecified atom stereocenters. The van der Waals surface area contributed by atoms with Gasteiger partial charge in [-0.05, 0) is 23.8 Å². The van der Waals surface area contributed by atoms with Crippen LogP contribution in [0.2, 0.25) is 0 Å². The first-order chi connectivity index (χ1) is 9.01. The highest BCUT2D eigenvalue weighted by molar-refractivity contribution is 9.10. The summed E-state index contributed by atoms with van der Waals surface area (Å²) in [6.07, 6.45) is -0.0363. The molecule has 0 radical (unpaired) electrons. The molecule has 0 N–H and O–H groups in total. The smallest absolute Gasteiger partial charge is 0.211 e. The Hall–Kier alpha value is -1.69. The Bertz CT molecular complexity index is 625. The molecule has 0 spiro atoms. The van der Waals surface area contributed by atoms with E-state index in [1.54, 1.807) is 19.2 Å². The molecule has 0 aliphatic rings. The molecule has 100 valence electrons. The second-order valence-electron chi connectivity index (χ2n) is 4.03. The van der Waals surface area contributed by atoms with E-state index >= 15 is 0 Å². The highest BCUT2D eigenvalue weighted by Gasteiger charge is 2.15. The number of carbonyl (C=O) groups excluding carboxylic acids is 1. The van der Waals surface area contributed by atoms with Gasteiger partial charge in [0.05, 0.1) is 7.11 Å². The molecule has 6 heteroatoms. The molecule has 0 aliphatic carbocycles. The van der Waals surface area contributed by atoms with Crippen LogP contribution in [0, 0.1) is 5.82 Å². The Morgan fingerprint density at radius 3 is 2.84 bits per heavy atom. The van der Waals surface area contributed by atoms with Crippen molar-refractivity contribution in [3.63, 3.8) is 0 Å². The quantitative estimate of drug-likeness (QED) is 0.811. The van der Waals surface area contributed by atoms with Gasteiger partial charge in [-0.15, -0.1) is 0 Å². The SMILES string of the molecule is COc1cc(C(=O)Cc2cc(Br)ccc2F)nn1C. The number of ether oxygens (including phenoxy) is 1. The number of nitrogens with zero attached hydrogens (tertiary/aromatic N) is 2. The van der Waals surface area contributed by atoms with E-state index in [1.807, 2.05) is 0 Å². The van der Waals surface area contributed by atoms with E-state index in [9.17, 15) is 9.18 Å². The van der Waals surface area contributed by atoms with Gasteiger partial charge in [0.2, 0.25) is 5.88 Å². The number of ketones is 1. The van der Waals surface area contributed by atoms with Gasteiger partial charge in [0.25, 0.3) is 0 Å². The molecule has 1 heterocycles. The van der Waals surface area contributed by atoms with Gasteiger partial charge in [-0.25, -0.2) is 9.07 Å². The third-order valence-electron chi connectivity index (χ3n) is 2.69. The van der Waals surface area contributed by atoms with Crippen LogP contribution in [0.5, 0.6) is 5.88 Å². The van der Waals surface area contributed by atoms with E-state index in [1.165, 1.54) is 23.9 Å². The van der Waals surface area contributed by atoms with E-state index < -0.39 is 5.82 Å². The highest BCUT2D eigenvalue weighted by atomic mass is 79.9. The van der Waals surface area contributed by atoms with Gasteiger partial charge in [-0.1, -0.05) is 15.9 Å². The van der Waals surface area contributed by atoms with Crippen molar-refractivity contribution >= 4 is 21.7 Å². The predicted octanol–water partition coefficient (Wildman–Crippen LogP) is 2.76. The number of halogens is 2. The Morgan fingerprint density at radius 2 is 2.21 bits per heavy atom. The Labute approximate surface area is 118 Å². The van der Waals surface area contributed by atoms with Crippen molar-refractivity contribution < 1.29 is 13.9 Å². The fourth-order valence-electron chi connectivity index (χ4n) is 1.72. The molecule has 0 aliphatic heterocycles. The first kappa shape index (κ1) is 13.7. The van der Waals surface area contributed by atoms with Crippen LogP contribution in [0.1, 0.15) is 16.1 Å². The van der Waals surface area contributed by atoms with Crippen molar-refractivity contribution in [1.82, 2.24) is 9.78 Å². The zero-order valence-corrected chi connectivity index (χ0v) is 12.1. The second-order valence-corrected chi connectivity index (χ2v) is 4.95. The van der Waals surface area contributed by atoms with Crippen molar-refractivity contribution in [1.29, 1.82) is 0 Å². The number of hydrogen-bond acceptors (Lipinski definition) is 3. The van der Waals surface area contributed by atoms with E-state index in [0.29, 0.717) is 11.4 Å². The third kappa shape index (κ3) is 3.01. The van der Waals surface area contributed by atoms with Crippen LogP contribution in [0.15, 0.2) is 28.7 Å². The van der Waals surface area contributed by atoms with Crippen LogP contribution < -0.4 is 4.74 Å². The lowest BCUT2D eigenvalue weighted by Gasteiger charge is -2.01. The minimum atomic E-state index is -0.403. The minimum Gasteiger partial charge on any atom is -0.481 e. The summed E-state index contributed by atoms with van der Waals surface area (Å²) in [6, 6.07) is 6.05. The summed E-state index contributed by atoms with van der Waals surface area (Å²) in [4.78, 5) is 12.0. The number of aromatic nitrogens is 2. The van der Waals surface area contributed by atoms with E-state index in [4.69, 9.17) is 4.74 Å². The Kier molecular flexibility index (Phi) is 3.99. The summed E-state index contributed by atoms with van der Waals surface area (Å²) in [5.41, 5.74) is 0.600. The number of hydrogen-bond donors (Lipinski definition) is 0. The molecule has 1 aromatic carbocycles. The normalized spacial score (nSPS) is 10.5. The molecule has 19 heavy (non-hydrogen) atoms. The maximum atomic E-state index is 13.6. The van der Waals surface area contributed by atoms with Crippen molar-refractivity contribution in [3.8, 4) is 5.88 Å². The second kappa shape index (κ2) is 5.52. The van der Waals surface area contributed by atoms with Crippen LogP contribution >= 0.6 is 15.9 Å². The number of rotatable bonds is 4. The van der Waals surface area contributed by atoms with E-state index in [0.717, 1.165) is 4.47 Å². The van der Waals surface area contributed by atoms with Crippen molar-refractivity contribution in [2.45, 2.75) is 6.42 Å². The van der Waals surface area contributed by atoms with Crippen molar-refractivity contribution in [3.05, 3.63) is 45.8 Å². The first-order valence-electron chi connectivity index (χ1n) is 5.56. The number of Topliss-reactive ketones (excluding diaryl/α,β-unsaturated/α-hetero) is 1. The number of carbonyl (C=O) groups is 1. The molecule has 0 fully saturated rings. The topological polar surface area (TPSA) is 44.1 Å². The van der Waals surface area contributed by atoms with Crippen LogP contribution in [0.3, 0.4) is 0 Å². The average Bonchev–Trinajstić information content (AvgIpc) is 2.75. The van der Waals surface area contributed by atoms with Gasteiger partial charge in [0, 0.05) is 24.0 Å². The van der Waals surface area contributed by atoms with Crippen LogP contribution in [-0.2, 0) is 13.5 Å². The lowest BCUT2D eigenvalue weighted by molar-refractivity contribution is 0.0986. The molecule has 0 bridgehead atoms. The van der Waals surface area contributed by atoms with Gasteiger partial charge < -0.3 is 4.74 Å². The lowest BCUT2D eigenvalue weighted by Crippen LogP contribution is -2.06. The summed E-state index contributed by atoms with van der Waals surface area (Å²) < 4.78 is 20.8. The number of methoxy groups -OCH3 is 1. The molecular formula is C13H12BrFN2O2. The van der Waals surface area contributed by atoms with Gasteiger partial charge in [0.1, 0.15) is 11.5 Å². The zero-order valence-electron chi connectivity index (χ0n) is 10.5. The summed E-state index contributed by atoms with van der Waals surface area (Å²) in [7, 11) is 3.18. The molecular weight excluding hydrogens is 315 g/mol. The summed E-state index contributed by atoms with van der Waals surface area (Å²) >= 11 is 3.25. The fraction of sp³-hybridized carbons (Fsp3) is 0.231. The van der Waals surface area contributed by atoms with Crippen LogP contribution in [-0.4, -0.2) is 22.7 Å². The van der Waals surface area contributed by atoms with Crippen molar-refractivity contribution in [2.24, 2.45) is 7.05 Å². The summed E-state index contributed by atoms with van der Waals surface area (Å²) in [5, 5.41) is 4.04. The molecule has 0 saturated heterocycles.